The second-order valence-electron chi connectivity index (χ2n) is 5.61. The molecular weight excluding hydrogens is 312 g/mol. The van der Waals surface area contributed by atoms with Crippen molar-refractivity contribution in [3.05, 3.63) is 50.1 Å². The summed E-state index contributed by atoms with van der Waals surface area (Å²) in [6.45, 7) is 2.15. The van der Waals surface area contributed by atoms with E-state index in [1.807, 2.05) is 0 Å². The minimum absolute atomic E-state index is 0.151. The van der Waals surface area contributed by atoms with Crippen LogP contribution in [0.1, 0.15) is 45.4 Å². The van der Waals surface area contributed by atoms with E-state index in [-0.39, 0.29) is 17.1 Å². The van der Waals surface area contributed by atoms with Crippen LogP contribution in [0, 0.1) is 20.2 Å². The van der Waals surface area contributed by atoms with E-state index >= 15 is 0 Å². The first-order valence-corrected chi connectivity index (χ1v) is 7.97. The second kappa shape index (κ2) is 8.19. The molecule has 0 saturated heterocycles. The fourth-order valence-corrected chi connectivity index (χ4v) is 2.61. The summed E-state index contributed by atoms with van der Waals surface area (Å²) in [6.07, 6.45) is 8.23. The smallest absolute Gasteiger partial charge is 0.271 e. The molecule has 1 aliphatic carbocycles. The molecule has 0 unspecified atom stereocenters. The predicted molar refractivity (Wildman–Crippen MR) is 92.3 cm³/mol. The topological polar surface area (TPSA) is 111 Å². The molecule has 0 bridgehead atoms. The van der Waals surface area contributed by atoms with Crippen LogP contribution in [0.25, 0.3) is 0 Å². The monoisotopic (exact) mass is 332 g/mol. The van der Waals surface area contributed by atoms with Gasteiger partial charge in [0.05, 0.1) is 21.6 Å². The lowest BCUT2D eigenvalue weighted by molar-refractivity contribution is -0.393. The number of non-ortho nitro benzene ring substituents is 1. The van der Waals surface area contributed by atoms with Gasteiger partial charge in [-0.3, -0.25) is 25.7 Å². The number of hydrogen-bond donors (Lipinski definition) is 1. The molecule has 1 aromatic rings. The number of hydrogen-bond acceptors (Lipinski definition) is 6. The highest BCUT2D eigenvalue weighted by molar-refractivity contribution is 6.02. The summed E-state index contributed by atoms with van der Waals surface area (Å²) in [5.41, 5.74) is 4.26. The molecule has 24 heavy (non-hydrogen) atoms. The number of anilines is 1. The Morgan fingerprint density at radius 1 is 1.21 bits per heavy atom. The number of nitrogens with zero attached hydrogens (tertiary/aromatic N) is 3. The van der Waals surface area contributed by atoms with Gasteiger partial charge in [0.15, 0.2) is 0 Å². The maximum atomic E-state index is 11.1. The van der Waals surface area contributed by atoms with Gasteiger partial charge in [0.25, 0.3) is 5.69 Å². The Labute approximate surface area is 139 Å². The molecule has 1 aliphatic rings. The average molecular weight is 332 g/mol. The van der Waals surface area contributed by atoms with E-state index in [0.29, 0.717) is 0 Å². The lowest BCUT2D eigenvalue weighted by Gasteiger charge is -2.07. The highest BCUT2D eigenvalue weighted by atomic mass is 16.6. The number of allylic oxidation sites excluding steroid dienone is 2. The summed E-state index contributed by atoms with van der Waals surface area (Å²) >= 11 is 0. The van der Waals surface area contributed by atoms with Crippen LogP contribution in [0.4, 0.5) is 17.1 Å². The number of nitrogens with one attached hydrogen (secondary N) is 1. The van der Waals surface area contributed by atoms with Gasteiger partial charge in [0, 0.05) is 6.07 Å². The molecular formula is C16H20N4O4. The summed E-state index contributed by atoms with van der Waals surface area (Å²) in [7, 11) is 0. The molecule has 128 valence electrons. The van der Waals surface area contributed by atoms with Crippen molar-refractivity contribution in [1.29, 1.82) is 0 Å². The van der Waals surface area contributed by atoms with Gasteiger partial charge in [-0.15, -0.1) is 0 Å². The molecule has 0 heterocycles. The van der Waals surface area contributed by atoms with Gasteiger partial charge in [-0.2, -0.15) is 5.10 Å². The molecule has 0 radical (unpaired) electrons. The maximum absolute atomic E-state index is 11.1. The summed E-state index contributed by atoms with van der Waals surface area (Å²) in [4.78, 5) is 20.6. The Morgan fingerprint density at radius 3 is 2.67 bits per heavy atom. The van der Waals surface area contributed by atoms with Crippen molar-refractivity contribution >= 4 is 22.8 Å². The number of rotatable bonds is 8. The van der Waals surface area contributed by atoms with Gasteiger partial charge in [-0.05, 0) is 37.3 Å². The van der Waals surface area contributed by atoms with Crippen molar-refractivity contribution in [2.45, 2.75) is 45.4 Å². The first-order valence-electron chi connectivity index (χ1n) is 7.97. The summed E-state index contributed by atoms with van der Waals surface area (Å²) < 4.78 is 0. The molecule has 0 aliphatic heterocycles. The van der Waals surface area contributed by atoms with Gasteiger partial charge in [-0.25, -0.2) is 0 Å². The Kier molecular flexibility index (Phi) is 6.00. The lowest BCUT2D eigenvalue weighted by atomic mass is 10.1. The normalized spacial score (nSPS) is 15.4. The number of benzene rings is 1. The standard InChI is InChI=1S/C16H20N4O4/c1-2-3-4-6-12-7-5-8-14(12)17-18-15-10-9-13(19(21)22)11-16(15)20(23)24/h7,9-11,18H,2-6,8H2,1H3/b17-14-. The van der Waals surface area contributed by atoms with Gasteiger partial charge in [-0.1, -0.05) is 25.8 Å². The Hall–Kier alpha value is -2.77. The third-order valence-corrected chi connectivity index (χ3v) is 3.89. The largest absolute Gasteiger partial charge is 0.301 e. The van der Waals surface area contributed by atoms with Crippen molar-refractivity contribution in [3.63, 3.8) is 0 Å². The van der Waals surface area contributed by atoms with E-state index in [1.165, 1.54) is 17.7 Å². The van der Waals surface area contributed by atoms with E-state index in [4.69, 9.17) is 0 Å². The average Bonchev–Trinajstić information content (AvgIpc) is 3.00. The molecule has 8 nitrogen and oxygen atoms in total. The van der Waals surface area contributed by atoms with E-state index in [0.717, 1.165) is 50.3 Å². The van der Waals surface area contributed by atoms with Gasteiger partial charge >= 0.3 is 5.69 Å². The van der Waals surface area contributed by atoms with Crippen LogP contribution in [0.5, 0.6) is 0 Å². The molecule has 0 atom stereocenters. The summed E-state index contributed by atoms with van der Waals surface area (Å²) in [5.74, 6) is 0. The highest BCUT2D eigenvalue weighted by Crippen LogP contribution is 2.29. The van der Waals surface area contributed by atoms with Crippen molar-refractivity contribution in [1.82, 2.24) is 0 Å². The highest BCUT2D eigenvalue weighted by Gasteiger charge is 2.20. The van der Waals surface area contributed by atoms with Crippen LogP contribution in [-0.4, -0.2) is 15.6 Å². The fraction of sp³-hybridized carbons (Fsp3) is 0.438. The minimum atomic E-state index is -0.659. The zero-order valence-electron chi connectivity index (χ0n) is 13.5. The van der Waals surface area contributed by atoms with Crippen LogP contribution in [0.15, 0.2) is 34.9 Å². The first-order chi connectivity index (χ1) is 11.5. The number of hydrazone groups is 1. The van der Waals surface area contributed by atoms with Crippen molar-refractivity contribution in [3.8, 4) is 0 Å². The van der Waals surface area contributed by atoms with Crippen LogP contribution < -0.4 is 5.43 Å². The quantitative estimate of drug-likeness (QED) is 0.426. The van der Waals surface area contributed by atoms with Crippen molar-refractivity contribution < 1.29 is 9.85 Å². The Balaban J connectivity index is 2.14. The van der Waals surface area contributed by atoms with E-state index in [9.17, 15) is 20.2 Å². The first kappa shape index (κ1) is 17.6. The van der Waals surface area contributed by atoms with Crippen LogP contribution in [0.3, 0.4) is 0 Å². The zero-order valence-corrected chi connectivity index (χ0v) is 13.5. The van der Waals surface area contributed by atoms with Crippen LogP contribution in [-0.2, 0) is 0 Å². The zero-order chi connectivity index (χ0) is 17.5. The molecule has 1 N–H and O–H groups in total. The van der Waals surface area contributed by atoms with E-state index in [1.54, 1.807) is 0 Å². The third kappa shape index (κ3) is 4.37. The molecule has 0 fully saturated rings. The number of unbranched alkanes of at least 4 members (excludes halogenated alkanes) is 2. The fourth-order valence-electron chi connectivity index (χ4n) is 2.61. The minimum Gasteiger partial charge on any atom is -0.271 e. The van der Waals surface area contributed by atoms with Gasteiger partial charge in [0.2, 0.25) is 0 Å². The number of nitro benzene ring substituents is 2. The van der Waals surface area contributed by atoms with E-state index < -0.39 is 9.85 Å². The van der Waals surface area contributed by atoms with E-state index in [2.05, 4.69) is 23.5 Å². The van der Waals surface area contributed by atoms with Crippen molar-refractivity contribution in [2.24, 2.45) is 5.10 Å². The second-order valence-corrected chi connectivity index (χ2v) is 5.61. The SMILES string of the molecule is CCCCCC1=CCC/C1=N/Nc1ccc([N+](=O)[O-])cc1[N+](=O)[O-]. The summed E-state index contributed by atoms with van der Waals surface area (Å²) in [5, 5.41) is 26.2. The molecule has 2 rings (SSSR count). The Morgan fingerprint density at radius 2 is 2.00 bits per heavy atom. The maximum Gasteiger partial charge on any atom is 0.301 e. The van der Waals surface area contributed by atoms with Crippen LogP contribution in [0.2, 0.25) is 0 Å². The van der Waals surface area contributed by atoms with Crippen molar-refractivity contribution in [2.75, 3.05) is 5.43 Å². The molecule has 0 aromatic heterocycles. The third-order valence-electron chi connectivity index (χ3n) is 3.89. The number of nitro groups is 2. The van der Waals surface area contributed by atoms with Gasteiger partial charge in [0.1, 0.15) is 5.69 Å². The molecule has 1 aromatic carbocycles. The van der Waals surface area contributed by atoms with Crippen LogP contribution >= 0.6 is 0 Å². The Bertz CT molecular complexity index is 697. The molecule has 0 saturated carbocycles. The molecule has 8 heteroatoms. The summed E-state index contributed by atoms with van der Waals surface area (Å²) in [6, 6.07) is 3.48. The molecule has 0 spiro atoms. The predicted octanol–water partition coefficient (Wildman–Crippen LogP) is 4.57. The molecule has 0 amide bonds. The van der Waals surface area contributed by atoms with Gasteiger partial charge < -0.3 is 0 Å². The lowest BCUT2D eigenvalue weighted by Crippen LogP contribution is -2.04.